The second kappa shape index (κ2) is 7.50. The van der Waals surface area contributed by atoms with E-state index in [9.17, 15) is 4.79 Å². The molecule has 2 rings (SSSR count). The predicted octanol–water partition coefficient (Wildman–Crippen LogP) is 1.81. The first-order chi connectivity index (χ1) is 10.2. The third-order valence-electron chi connectivity index (χ3n) is 3.32. The number of aromatic nitrogens is 2. The van der Waals surface area contributed by atoms with Crippen LogP contribution in [-0.4, -0.2) is 47.6 Å². The molecule has 0 aliphatic heterocycles. The Kier molecular flexibility index (Phi) is 5.40. The van der Waals surface area contributed by atoms with Crippen molar-refractivity contribution in [1.82, 2.24) is 14.9 Å². The summed E-state index contributed by atoms with van der Waals surface area (Å²) in [6.45, 7) is 0.470. The summed E-state index contributed by atoms with van der Waals surface area (Å²) in [5.41, 5.74) is 1.51. The molecule has 21 heavy (non-hydrogen) atoms. The van der Waals surface area contributed by atoms with Crippen LogP contribution in [-0.2, 0) is 11.2 Å². The predicted molar refractivity (Wildman–Crippen MR) is 79.9 cm³/mol. The fourth-order valence-electron chi connectivity index (χ4n) is 2.14. The third-order valence-corrected chi connectivity index (χ3v) is 3.32. The van der Waals surface area contributed by atoms with Gasteiger partial charge in [0.2, 0.25) is 0 Å². The highest BCUT2D eigenvalue weighted by Crippen LogP contribution is 2.11. The van der Waals surface area contributed by atoms with E-state index in [2.05, 4.69) is 9.97 Å². The quantitative estimate of drug-likeness (QED) is 0.812. The highest BCUT2D eigenvalue weighted by molar-refractivity contribution is 5.92. The van der Waals surface area contributed by atoms with Gasteiger partial charge in [-0.1, -0.05) is 30.3 Å². The van der Waals surface area contributed by atoms with E-state index in [1.165, 1.54) is 18.0 Å². The average Bonchev–Trinajstić information content (AvgIpc) is 2.55. The number of amides is 1. The largest absolute Gasteiger partial charge is 0.383 e. The van der Waals surface area contributed by atoms with Crippen molar-refractivity contribution in [2.24, 2.45) is 0 Å². The number of carbonyl (C=O) groups is 1. The van der Waals surface area contributed by atoms with Gasteiger partial charge in [0.1, 0.15) is 5.69 Å². The number of rotatable bonds is 6. The van der Waals surface area contributed by atoms with Gasteiger partial charge < -0.3 is 9.64 Å². The Morgan fingerprint density at radius 2 is 2.05 bits per heavy atom. The first kappa shape index (κ1) is 15.1. The first-order valence-electron chi connectivity index (χ1n) is 6.78. The molecule has 0 N–H and O–H groups in total. The Labute approximate surface area is 124 Å². The van der Waals surface area contributed by atoms with Gasteiger partial charge in [-0.15, -0.1) is 0 Å². The van der Waals surface area contributed by atoms with Crippen molar-refractivity contribution in [2.75, 3.05) is 20.8 Å². The van der Waals surface area contributed by atoms with Gasteiger partial charge in [-0.2, -0.15) is 0 Å². The third kappa shape index (κ3) is 4.10. The summed E-state index contributed by atoms with van der Waals surface area (Å²) in [5, 5.41) is 0. The zero-order valence-corrected chi connectivity index (χ0v) is 12.3. The topological polar surface area (TPSA) is 55.3 Å². The number of likely N-dealkylation sites (N-methyl/N-ethyl adjacent to an activating group) is 1. The SMILES string of the molecule is COC[C@H](Cc1ccccc1)N(C)C(=O)c1cnccn1. The molecular weight excluding hydrogens is 266 g/mol. The van der Waals surface area contributed by atoms with E-state index in [0.717, 1.165) is 6.42 Å². The number of hydrogen-bond donors (Lipinski definition) is 0. The van der Waals surface area contributed by atoms with Crippen LogP contribution in [0.5, 0.6) is 0 Å². The number of carbonyl (C=O) groups excluding carboxylic acids is 1. The molecule has 0 unspecified atom stereocenters. The van der Waals surface area contributed by atoms with Crippen molar-refractivity contribution >= 4 is 5.91 Å². The standard InChI is InChI=1S/C16H19N3O2/c1-19(16(20)15-11-17-8-9-18-15)14(12-21-2)10-13-6-4-3-5-7-13/h3-9,11,14H,10,12H2,1-2H3/t14-/m0/s1. The van der Waals surface area contributed by atoms with Gasteiger partial charge in [-0.05, 0) is 12.0 Å². The van der Waals surface area contributed by atoms with Gasteiger partial charge in [0.05, 0.1) is 18.8 Å². The van der Waals surface area contributed by atoms with Crippen molar-refractivity contribution in [3.05, 3.63) is 60.2 Å². The van der Waals surface area contributed by atoms with Crippen LogP contribution < -0.4 is 0 Å². The molecule has 0 fully saturated rings. The molecule has 5 nitrogen and oxygen atoms in total. The Morgan fingerprint density at radius 3 is 2.67 bits per heavy atom. The normalized spacial score (nSPS) is 11.9. The van der Waals surface area contributed by atoms with Crippen LogP contribution in [0.25, 0.3) is 0 Å². The lowest BCUT2D eigenvalue weighted by Crippen LogP contribution is -2.41. The van der Waals surface area contributed by atoms with Crippen LogP contribution in [0.2, 0.25) is 0 Å². The second-order valence-corrected chi connectivity index (χ2v) is 4.81. The molecule has 1 atom stereocenters. The van der Waals surface area contributed by atoms with Crippen LogP contribution in [0, 0.1) is 0 Å². The Morgan fingerprint density at radius 1 is 1.29 bits per heavy atom. The van der Waals surface area contributed by atoms with Gasteiger partial charge in [0, 0.05) is 26.6 Å². The van der Waals surface area contributed by atoms with E-state index in [0.29, 0.717) is 12.3 Å². The Bertz CT molecular complexity index is 560. The minimum Gasteiger partial charge on any atom is -0.383 e. The van der Waals surface area contributed by atoms with Gasteiger partial charge in [0.15, 0.2) is 0 Å². The molecule has 1 aromatic heterocycles. The highest BCUT2D eigenvalue weighted by Gasteiger charge is 2.22. The molecule has 0 aliphatic carbocycles. The number of nitrogens with zero attached hydrogens (tertiary/aromatic N) is 3. The van der Waals surface area contributed by atoms with E-state index in [1.54, 1.807) is 25.3 Å². The lowest BCUT2D eigenvalue weighted by atomic mass is 10.1. The molecule has 0 saturated carbocycles. The lowest BCUT2D eigenvalue weighted by molar-refractivity contribution is 0.0599. The fraction of sp³-hybridized carbons (Fsp3) is 0.312. The lowest BCUT2D eigenvalue weighted by Gasteiger charge is -2.27. The van der Waals surface area contributed by atoms with E-state index < -0.39 is 0 Å². The van der Waals surface area contributed by atoms with Crippen molar-refractivity contribution in [1.29, 1.82) is 0 Å². The molecule has 1 amide bonds. The van der Waals surface area contributed by atoms with E-state index in [1.807, 2.05) is 30.3 Å². The summed E-state index contributed by atoms with van der Waals surface area (Å²) in [5.74, 6) is -0.152. The zero-order chi connectivity index (χ0) is 15.1. The van der Waals surface area contributed by atoms with Crippen molar-refractivity contribution in [3.8, 4) is 0 Å². The first-order valence-corrected chi connectivity index (χ1v) is 6.78. The molecule has 2 aromatic rings. The van der Waals surface area contributed by atoms with Crippen molar-refractivity contribution in [3.63, 3.8) is 0 Å². The Hall–Kier alpha value is -2.27. The van der Waals surface area contributed by atoms with Crippen LogP contribution in [0.15, 0.2) is 48.9 Å². The summed E-state index contributed by atoms with van der Waals surface area (Å²) < 4.78 is 5.25. The summed E-state index contributed by atoms with van der Waals surface area (Å²) in [4.78, 5) is 22.1. The minimum atomic E-state index is -0.152. The maximum Gasteiger partial charge on any atom is 0.274 e. The fourth-order valence-corrected chi connectivity index (χ4v) is 2.14. The number of ether oxygens (including phenoxy) is 1. The van der Waals surface area contributed by atoms with Crippen molar-refractivity contribution in [2.45, 2.75) is 12.5 Å². The molecule has 0 aliphatic rings. The van der Waals surface area contributed by atoms with Crippen LogP contribution in [0.3, 0.4) is 0 Å². The molecule has 110 valence electrons. The van der Waals surface area contributed by atoms with Gasteiger partial charge in [-0.3, -0.25) is 9.78 Å². The van der Waals surface area contributed by atoms with Crippen molar-refractivity contribution < 1.29 is 9.53 Å². The maximum absolute atomic E-state index is 12.4. The zero-order valence-electron chi connectivity index (χ0n) is 12.3. The molecule has 1 aromatic carbocycles. The maximum atomic E-state index is 12.4. The van der Waals surface area contributed by atoms with Gasteiger partial charge in [0.25, 0.3) is 5.91 Å². The number of hydrogen-bond acceptors (Lipinski definition) is 4. The molecule has 5 heteroatoms. The smallest absolute Gasteiger partial charge is 0.274 e. The molecule has 1 heterocycles. The molecule has 0 spiro atoms. The van der Waals surface area contributed by atoms with Gasteiger partial charge >= 0.3 is 0 Å². The molecule has 0 radical (unpaired) electrons. The highest BCUT2D eigenvalue weighted by atomic mass is 16.5. The number of methoxy groups -OCH3 is 1. The summed E-state index contributed by atoms with van der Waals surface area (Å²) in [7, 11) is 3.41. The monoisotopic (exact) mass is 285 g/mol. The van der Waals surface area contributed by atoms with Crippen LogP contribution in [0.1, 0.15) is 16.1 Å². The minimum absolute atomic E-state index is 0.0492. The van der Waals surface area contributed by atoms with Gasteiger partial charge in [-0.25, -0.2) is 4.98 Å². The molecule has 0 bridgehead atoms. The summed E-state index contributed by atoms with van der Waals surface area (Å²) in [6.07, 6.45) is 5.28. The Balaban J connectivity index is 2.12. The van der Waals surface area contributed by atoms with Crippen LogP contribution >= 0.6 is 0 Å². The second-order valence-electron chi connectivity index (χ2n) is 4.81. The average molecular weight is 285 g/mol. The summed E-state index contributed by atoms with van der Waals surface area (Å²) in [6, 6.07) is 10.00. The van der Waals surface area contributed by atoms with E-state index in [-0.39, 0.29) is 11.9 Å². The molecule has 0 saturated heterocycles. The summed E-state index contributed by atoms with van der Waals surface area (Å²) >= 11 is 0. The number of benzene rings is 1. The van der Waals surface area contributed by atoms with Crippen LogP contribution in [0.4, 0.5) is 0 Å². The van der Waals surface area contributed by atoms with E-state index >= 15 is 0 Å². The molecular formula is C16H19N3O2. The van der Waals surface area contributed by atoms with E-state index in [4.69, 9.17) is 4.74 Å².